The van der Waals surface area contributed by atoms with Crippen molar-refractivity contribution < 1.29 is 29.0 Å². The summed E-state index contributed by atoms with van der Waals surface area (Å²) in [6, 6.07) is 2.56. The molecule has 0 aromatic heterocycles. The molecule has 1 rings (SSSR count). The van der Waals surface area contributed by atoms with Crippen LogP contribution < -0.4 is 9.47 Å². The first-order valence-electron chi connectivity index (χ1n) is 6.28. The van der Waals surface area contributed by atoms with Gasteiger partial charge < -0.3 is 19.3 Å². The molecule has 0 aliphatic carbocycles. The fourth-order valence-corrected chi connectivity index (χ4v) is 1.59. The summed E-state index contributed by atoms with van der Waals surface area (Å²) in [6.45, 7) is 1.05. The molecule has 0 bridgehead atoms. The average molecular weight is 314 g/mol. The standard InChI is InChI=1S/C13H18N2O7/c1-8(16)14(2)13(17)22-7-9-5-11(20-3)12(21-4)6-10(9)15(18)19/h5-6,8,16H,7H2,1-4H3. The molecular formula is C13H18N2O7. The molecule has 1 aromatic carbocycles. The highest BCUT2D eigenvalue weighted by Crippen LogP contribution is 2.34. The number of hydrogen-bond donors (Lipinski definition) is 1. The maximum atomic E-state index is 11.6. The molecule has 1 atom stereocenters. The molecule has 1 unspecified atom stereocenters. The SMILES string of the molecule is COc1cc(COC(=O)N(C)C(C)O)c([N+](=O)[O-])cc1OC. The third-order valence-electron chi connectivity index (χ3n) is 2.98. The van der Waals surface area contributed by atoms with Crippen molar-refractivity contribution in [3.8, 4) is 11.5 Å². The number of methoxy groups -OCH3 is 2. The first kappa shape index (κ1) is 17.5. The van der Waals surface area contributed by atoms with Crippen LogP contribution in [0.4, 0.5) is 10.5 Å². The minimum Gasteiger partial charge on any atom is -0.493 e. The van der Waals surface area contributed by atoms with Crippen LogP contribution in [-0.4, -0.2) is 48.5 Å². The van der Waals surface area contributed by atoms with Crippen LogP contribution in [0.25, 0.3) is 0 Å². The van der Waals surface area contributed by atoms with Crippen molar-refractivity contribution >= 4 is 11.8 Å². The predicted molar refractivity (Wildman–Crippen MR) is 75.8 cm³/mol. The smallest absolute Gasteiger partial charge is 0.411 e. The third-order valence-corrected chi connectivity index (χ3v) is 2.98. The van der Waals surface area contributed by atoms with Crippen molar-refractivity contribution in [2.24, 2.45) is 0 Å². The first-order valence-corrected chi connectivity index (χ1v) is 6.28. The minimum absolute atomic E-state index is 0.148. The molecule has 1 N–H and O–H groups in total. The molecule has 9 nitrogen and oxygen atoms in total. The quantitative estimate of drug-likeness (QED) is 0.481. The van der Waals surface area contributed by atoms with E-state index in [9.17, 15) is 20.0 Å². The van der Waals surface area contributed by atoms with Crippen molar-refractivity contribution in [2.75, 3.05) is 21.3 Å². The largest absolute Gasteiger partial charge is 0.493 e. The number of aliphatic hydroxyl groups is 1. The lowest BCUT2D eigenvalue weighted by atomic mass is 10.1. The van der Waals surface area contributed by atoms with Crippen LogP contribution >= 0.6 is 0 Å². The van der Waals surface area contributed by atoms with E-state index in [0.717, 1.165) is 4.90 Å². The van der Waals surface area contributed by atoms with Crippen LogP contribution in [0, 0.1) is 10.1 Å². The number of ether oxygens (including phenoxy) is 3. The van der Waals surface area contributed by atoms with E-state index >= 15 is 0 Å². The van der Waals surface area contributed by atoms with Crippen molar-refractivity contribution in [3.05, 3.63) is 27.8 Å². The fraction of sp³-hybridized carbons (Fsp3) is 0.462. The van der Waals surface area contributed by atoms with Gasteiger partial charge in [-0.1, -0.05) is 0 Å². The van der Waals surface area contributed by atoms with Crippen molar-refractivity contribution in [3.63, 3.8) is 0 Å². The Bertz CT molecular complexity index is 560. The van der Waals surface area contributed by atoms with Crippen LogP contribution in [0.1, 0.15) is 12.5 Å². The summed E-state index contributed by atoms with van der Waals surface area (Å²) in [5.41, 5.74) is -0.111. The lowest BCUT2D eigenvalue weighted by Gasteiger charge is -2.19. The van der Waals surface area contributed by atoms with E-state index in [2.05, 4.69) is 0 Å². The molecule has 0 aliphatic rings. The Morgan fingerprint density at radius 2 is 1.91 bits per heavy atom. The number of amides is 1. The summed E-state index contributed by atoms with van der Waals surface area (Å²) in [5.74, 6) is 0.480. The molecule has 0 aliphatic heterocycles. The lowest BCUT2D eigenvalue weighted by molar-refractivity contribution is -0.385. The van der Waals surface area contributed by atoms with Gasteiger partial charge in [0.25, 0.3) is 5.69 Å². The van der Waals surface area contributed by atoms with E-state index in [1.807, 2.05) is 0 Å². The Labute approximate surface area is 127 Å². The number of rotatable bonds is 6. The van der Waals surface area contributed by atoms with Crippen LogP contribution in [0.5, 0.6) is 11.5 Å². The molecule has 0 radical (unpaired) electrons. The zero-order valence-corrected chi connectivity index (χ0v) is 12.7. The van der Waals surface area contributed by atoms with E-state index in [-0.39, 0.29) is 29.4 Å². The van der Waals surface area contributed by atoms with Gasteiger partial charge in [-0.3, -0.25) is 15.0 Å². The van der Waals surface area contributed by atoms with Gasteiger partial charge in [0.15, 0.2) is 11.5 Å². The number of carbonyl (C=O) groups is 1. The summed E-state index contributed by atoms with van der Waals surface area (Å²) in [7, 11) is 4.09. The van der Waals surface area contributed by atoms with Crippen LogP contribution in [-0.2, 0) is 11.3 Å². The maximum absolute atomic E-state index is 11.6. The second-order valence-electron chi connectivity index (χ2n) is 4.39. The van der Waals surface area contributed by atoms with Crippen LogP contribution in [0.2, 0.25) is 0 Å². The zero-order chi connectivity index (χ0) is 16.9. The van der Waals surface area contributed by atoms with Crippen molar-refractivity contribution in [1.29, 1.82) is 0 Å². The van der Waals surface area contributed by atoms with Crippen LogP contribution in [0.3, 0.4) is 0 Å². The van der Waals surface area contributed by atoms with Gasteiger partial charge in [-0.25, -0.2) is 4.79 Å². The van der Waals surface area contributed by atoms with Gasteiger partial charge in [-0.2, -0.15) is 0 Å². The number of nitro groups is 1. The summed E-state index contributed by atoms with van der Waals surface area (Å²) in [6.07, 6.45) is -1.84. The molecular weight excluding hydrogens is 296 g/mol. The van der Waals surface area contributed by atoms with E-state index in [4.69, 9.17) is 14.2 Å². The van der Waals surface area contributed by atoms with E-state index in [1.54, 1.807) is 0 Å². The van der Waals surface area contributed by atoms with Gasteiger partial charge in [-0.05, 0) is 13.0 Å². The molecule has 0 spiro atoms. The summed E-state index contributed by atoms with van der Waals surface area (Å²) in [5, 5.41) is 20.4. The molecule has 0 saturated heterocycles. The number of nitro benzene ring substituents is 1. The predicted octanol–water partition coefficient (Wildman–Crippen LogP) is 1.52. The second-order valence-corrected chi connectivity index (χ2v) is 4.39. The van der Waals surface area contributed by atoms with Gasteiger partial charge in [0.2, 0.25) is 0 Å². The Hall–Kier alpha value is -2.55. The molecule has 0 saturated carbocycles. The van der Waals surface area contributed by atoms with E-state index in [1.165, 1.54) is 40.3 Å². The van der Waals surface area contributed by atoms with Gasteiger partial charge in [-0.15, -0.1) is 0 Å². The maximum Gasteiger partial charge on any atom is 0.411 e. The van der Waals surface area contributed by atoms with Gasteiger partial charge in [0, 0.05) is 7.05 Å². The van der Waals surface area contributed by atoms with Crippen molar-refractivity contribution in [2.45, 2.75) is 19.8 Å². The second kappa shape index (κ2) is 7.46. The number of nitrogens with zero attached hydrogens (tertiary/aromatic N) is 2. The molecule has 9 heteroatoms. The molecule has 1 aromatic rings. The number of aliphatic hydroxyl groups excluding tert-OH is 1. The fourth-order valence-electron chi connectivity index (χ4n) is 1.59. The number of carbonyl (C=O) groups excluding carboxylic acids is 1. The Morgan fingerprint density at radius 3 is 2.36 bits per heavy atom. The van der Waals surface area contributed by atoms with Crippen molar-refractivity contribution in [1.82, 2.24) is 4.90 Å². The summed E-state index contributed by atoms with van der Waals surface area (Å²) in [4.78, 5) is 23.1. The zero-order valence-electron chi connectivity index (χ0n) is 12.7. The summed E-state index contributed by atoms with van der Waals surface area (Å²) >= 11 is 0. The molecule has 1 amide bonds. The Kier molecular flexibility index (Phi) is 5.93. The van der Waals surface area contributed by atoms with E-state index < -0.39 is 17.2 Å². The first-order chi connectivity index (χ1) is 10.3. The highest BCUT2D eigenvalue weighted by Gasteiger charge is 2.22. The molecule has 0 fully saturated rings. The van der Waals surface area contributed by atoms with E-state index in [0.29, 0.717) is 0 Å². The van der Waals surface area contributed by atoms with Gasteiger partial charge in [0.05, 0.1) is 30.8 Å². The highest BCUT2D eigenvalue weighted by atomic mass is 16.6. The minimum atomic E-state index is -1.03. The number of benzene rings is 1. The number of hydrogen-bond acceptors (Lipinski definition) is 7. The normalized spacial score (nSPS) is 11.5. The highest BCUT2D eigenvalue weighted by molar-refractivity contribution is 5.67. The monoisotopic (exact) mass is 314 g/mol. The molecule has 0 heterocycles. The molecule has 122 valence electrons. The molecule has 22 heavy (non-hydrogen) atoms. The van der Waals surface area contributed by atoms with Gasteiger partial charge in [0.1, 0.15) is 12.8 Å². The third kappa shape index (κ3) is 3.98. The Morgan fingerprint density at radius 1 is 1.36 bits per heavy atom. The average Bonchev–Trinajstić information content (AvgIpc) is 2.50. The topological polar surface area (TPSA) is 111 Å². The lowest BCUT2D eigenvalue weighted by Crippen LogP contribution is -2.35. The van der Waals surface area contributed by atoms with Gasteiger partial charge >= 0.3 is 6.09 Å². The van der Waals surface area contributed by atoms with Crippen LogP contribution in [0.15, 0.2) is 12.1 Å². The Balaban J connectivity index is 3.02. The summed E-state index contributed by atoms with van der Waals surface area (Å²) < 4.78 is 15.0.